The van der Waals surface area contributed by atoms with E-state index in [1.54, 1.807) is 0 Å². The van der Waals surface area contributed by atoms with Gasteiger partial charge >= 0.3 is 17.6 Å². The van der Waals surface area contributed by atoms with Crippen LogP contribution in [0.3, 0.4) is 0 Å². The van der Waals surface area contributed by atoms with Gasteiger partial charge in [0.25, 0.3) is 0 Å². The average molecular weight is 409 g/mol. The van der Waals surface area contributed by atoms with E-state index in [2.05, 4.69) is 16.5 Å². The van der Waals surface area contributed by atoms with E-state index in [9.17, 15) is 18.8 Å². The van der Waals surface area contributed by atoms with Crippen LogP contribution in [0.2, 0.25) is 0 Å². The number of hydrogen-bond acceptors (Lipinski definition) is 9. The molecule has 0 aliphatic carbocycles. The van der Waals surface area contributed by atoms with Crippen LogP contribution in [0.15, 0.2) is 23.6 Å². The first kappa shape index (κ1) is 20.5. The molecule has 1 aliphatic heterocycles. The molecule has 0 radical (unpaired) electrons. The molecule has 0 aromatic carbocycles. The lowest BCUT2D eigenvalue weighted by Crippen LogP contribution is -2.37. The first-order chi connectivity index (χ1) is 13.7. The molecule has 0 unspecified atom stereocenters. The smallest absolute Gasteiger partial charge is 0.332 e. The van der Waals surface area contributed by atoms with Crippen LogP contribution in [0.4, 0.5) is 10.3 Å². The third kappa shape index (κ3) is 3.83. The number of rotatable bonds is 6. The van der Waals surface area contributed by atoms with Gasteiger partial charge < -0.3 is 19.9 Å². The van der Waals surface area contributed by atoms with E-state index in [0.717, 1.165) is 18.4 Å². The van der Waals surface area contributed by atoms with E-state index in [-0.39, 0.29) is 18.1 Å². The van der Waals surface area contributed by atoms with Crippen LogP contribution in [0.5, 0.6) is 0 Å². The highest BCUT2D eigenvalue weighted by Crippen LogP contribution is 2.35. The SMILES string of the molecule is C=CCn1c(=O)n([C@@H]2O[C@H](COC(C)=O)[C@@H](F)[C@H]2OC(C)=O)c2nc(N)ncc21. The molecule has 3 rings (SSSR count). The number of alkyl halides is 1. The maximum Gasteiger partial charge on any atom is 0.332 e. The number of ether oxygens (including phenoxy) is 3. The zero-order chi connectivity index (χ0) is 21.3. The molecule has 0 amide bonds. The fourth-order valence-electron chi connectivity index (χ4n) is 3.16. The molecule has 0 saturated carbocycles. The Morgan fingerprint density at radius 1 is 1.41 bits per heavy atom. The molecule has 1 saturated heterocycles. The molecule has 2 aromatic heterocycles. The van der Waals surface area contributed by atoms with E-state index in [4.69, 9.17) is 19.9 Å². The number of anilines is 1. The largest absolute Gasteiger partial charge is 0.463 e. The molecular weight excluding hydrogens is 389 g/mol. The third-order valence-corrected chi connectivity index (χ3v) is 4.31. The number of carbonyl (C=O) groups is 2. The van der Waals surface area contributed by atoms with Crippen molar-refractivity contribution >= 4 is 29.1 Å². The fraction of sp³-hybridized carbons (Fsp3) is 0.471. The van der Waals surface area contributed by atoms with Crippen LogP contribution in [0, 0.1) is 0 Å². The van der Waals surface area contributed by atoms with Crippen molar-refractivity contribution in [3.63, 3.8) is 0 Å². The molecular formula is C17H20FN5O6. The minimum atomic E-state index is -1.85. The molecule has 0 spiro atoms. The number of imidazole rings is 1. The summed E-state index contributed by atoms with van der Waals surface area (Å²) in [6, 6.07) is 0. The van der Waals surface area contributed by atoms with Gasteiger partial charge in [-0.15, -0.1) is 6.58 Å². The van der Waals surface area contributed by atoms with Crippen molar-refractivity contribution in [2.45, 2.75) is 45.0 Å². The summed E-state index contributed by atoms with van der Waals surface area (Å²) in [6.45, 7) is 5.58. The van der Waals surface area contributed by atoms with Gasteiger partial charge in [-0.05, 0) is 0 Å². The predicted octanol–water partition coefficient (Wildman–Crippen LogP) is 0.0915. The molecule has 4 atom stereocenters. The van der Waals surface area contributed by atoms with E-state index in [0.29, 0.717) is 5.52 Å². The fourth-order valence-corrected chi connectivity index (χ4v) is 3.16. The number of hydrogen-bond donors (Lipinski definition) is 1. The first-order valence-electron chi connectivity index (χ1n) is 8.68. The summed E-state index contributed by atoms with van der Waals surface area (Å²) in [5.41, 5.74) is 5.43. The van der Waals surface area contributed by atoms with Crippen molar-refractivity contribution in [1.82, 2.24) is 19.1 Å². The first-order valence-corrected chi connectivity index (χ1v) is 8.68. The van der Waals surface area contributed by atoms with Gasteiger partial charge in [-0.2, -0.15) is 4.98 Å². The van der Waals surface area contributed by atoms with Crippen molar-refractivity contribution in [3.8, 4) is 0 Å². The lowest BCUT2D eigenvalue weighted by Gasteiger charge is -2.19. The van der Waals surface area contributed by atoms with Crippen LogP contribution in [0.25, 0.3) is 11.2 Å². The summed E-state index contributed by atoms with van der Waals surface area (Å²) in [4.78, 5) is 43.6. The normalized spacial score (nSPS) is 23.8. The molecule has 1 aliphatic rings. The second-order valence-corrected chi connectivity index (χ2v) is 6.38. The number of fused-ring (bicyclic) bond motifs is 1. The molecule has 3 heterocycles. The van der Waals surface area contributed by atoms with Gasteiger partial charge in [-0.25, -0.2) is 18.7 Å². The minimum absolute atomic E-state index is 0.0758. The summed E-state index contributed by atoms with van der Waals surface area (Å²) in [5, 5.41) is 0. The number of nitrogen functional groups attached to an aromatic ring is 1. The van der Waals surface area contributed by atoms with Crippen molar-refractivity contribution in [2.24, 2.45) is 0 Å². The van der Waals surface area contributed by atoms with E-state index in [1.807, 2.05) is 0 Å². The second-order valence-electron chi connectivity index (χ2n) is 6.38. The van der Waals surface area contributed by atoms with Crippen LogP contribution in [0.1, 0.15) is 20.1 Å². The van der Waals surface area contributed by atoms with Crippen LogP contribution >= 0.6 is 0 Å². The Kier molecular flexibility index (Phi) is 5.64. The molecule has 12 heteroatoms. The molecule has 0 bridgehead atoms. The van der Waals surface area contributed by atoms with Gasteiger partial charge in [0.15, 0.2) is 24.2 Å². The topological polar surface area (TPSA) is 141 Å². The molecule has 2 N–H and O–H groups in total. The number of halogens is 1. The Hall–Kier alpha value is -3.28. The maximum absolute atomic E-state index is 15.0. The molecule has 1 fully saturated rings. The number of nitrogens with two attached hydrogens (primary N) is 1. The second kappa shape index (κ2) is 7.99. The monoisotopic (exact) mass is 409 g/mol. The summed E-state index contributed by atoms with van der Waals surface area (Å²) in [5.74, 6) is -1.51. The summed E-state index contributed by atoms with van der Waals surface area (Å²) >= 11 is 0. The van der Waals surface area contributed by atoms with Crippen molar-refractivity contribution in [3.05, 3.63) is 29.3 Å². The van der Waals surface area contributed by atoms with Crippen LogP contribution in [-0.2, 0) is 30.3 Å². The number of carbonyl (C=O) groups excluding carboxylic acids is 2. The highest BCUT2D eigenvalue weighted by molar-refractivity contribution is 5.72. The Morgan fingerprint density at radius 2 is 2.14 bits per heavy atom. The highest BCUT2D eigenvalue weighted by Gasteiger charge is 2.50. The van der Waals surface area contributed by atoms with Gasteiger partial charge in [0.2, 0.25) is 5.95 Å². The van der Waals surface area contributed by atoms with Gasteiger partial charge in [0, 0.05) is 20.4 Å². The van der Waals surface area contributed by atoms with E-state index in [1.165, 1.54) is 16.8 Å². The minimum Gasteiger partial charge on any atom is -0.463 e. The Morgan fingerprint density at radius 3 is 2.76 bits per heavy atom. The number of nitrogens with zero attached hydrogens (tertiary/aromatic N) is 4. The molecule has 156 valence electrons. The quantitative estimate of drug-likeness (QED) is 0.519. The Bertz CT molecular complexity index is 1020. The molecule has 2 aromatic rings. The number of aromatic nitrogens is 4. The van der Waals surface area contributed by atoms with Gasteiger partial charge in [0.1, 0.15) is 18.2 Å². The average Bonchev–Trinajstić information content (AvgIpc) is 3.08. The Balaban J connectivity index is 2.12. The van der Waals surface area contributed by atoms with Gasteiger partial charge in [-0.1, -0.05) is 6.08 Å². The lowest BCUT2D eigenvalue weighted by molar-refractivity contribution is -0.154. The highest BCUT2D eigenvalue weighted by atomic mass is 19.1. The summed E-state index contributed by atoms with van der Waals surface area (Å²) in [6.07, 6.45) is -3.10. The number of allylic oxidation sites excluding steroid dienone is 1. The van der Waals surface area contributed by atoms with Gasteiger partial charge in [0.05, 0.1) is 6.20 Å². The zero-order valence-corrected chi connectivity index (χ0v) is 15.8. The predicted molar refractivity (Wildman–Crippen MR) is 97.4 cm³/mol. The third-order valence-electron chi connectivity index (χ3n) is 4.31. The van der Waals surface area contributed by atoms with Crippen molar-refractivity contribution in [1.29, 1.82) is 0 Å². The van der Waals surface area contributed by atoms with Gasteiger partial charge in [-0.3, -0.25) is 14.2 Å². The van der Waals surface area contributed by atoms with E-state index >= 15 is 0 Å². The maximum atomic E-state index is 15.0. The Labute approximate surface area is 163 Å². The summed E-state index contributed by atoms with van der Waals surface area (Å²) in [7, 11) is 0. The molecule has 29 heavy (non-hydrogen) atoms. The van der Waals surface area contributed by atoms with E-state index < -0.39 is 48.8 Å². The standard InChI is InChI=1S/C17H20FN5O6/c1-4-5-22-10-6-20-16(19)21-14(10)23(17(22)26)15-13(28-9(3)25)12(18)11(29-15)7-27-8(2)24/h4,6,11-13,15H,1,5,7H2,2-3H3,(H2,19,20,21)/t11-,12-,13-,15-/m1/s1. The zero-order valence-electron chi connectivity index (χ0n) is 15.8. The number of esters is 2. The van der Waals surface area contributed by atoms with Crippen LogP contribution < -0.4 is 11.4 Å². The summed E-state index contributed by atoms with van der Waals surface area (Å²) < 4.78 is 32.9. The lowest BCUT2D eigenvalue weighted by atomic mass is 10.1. The molecule has 11 nitrogen and oxygen atoms in total. The van der Waals surface area contributed by atoms with Crippen LogP contribution in [-0.4, -0.2) is 56.0 Å². The van der Waals surface area contributed by atoms with Crippen molar-refractivity contribution < 1.29 is 28.2 Å². The van der Waals surface area contributed by atoms with Crippen molar-refractivity contribution in [2.75, 3.05) is 12.3 Å².